The van der Waals surface area contributed by atoms with Gasteiger partial charge in [0, 0.05) is 32.2 Å². The zero-order chi connectivity index (χ0) is 14.4. The summed E-state index contributed by atoms with van der Waals surface area (Å²) in [5.41, 5.74) is 6.81. The molecule has 0 aliphatic carbocycles. The Kier molecular flexibility index (Phi) is 5.83. The Labute approximate surface area is 122 Å². The van der Waals surface area contributed by atoms with Crippen LogP contribution in [0.15, 0.2) is 24.3 Å². The van der Waals surface area contributed by atoms with Crippen molar-refractivity contribution in [2.24, 2.45) is 5.73 Å². The van der Waals surface area contributed by atoms with Gasteiger partial charge in [-0.25, -0.2) is 0 Å². The van der Waals surface area contributed by atoms with E-state index in [-0.39, 0.29) is 0 Å². The van der Waals surface area contributed by atoms with E-state index in [2.05, 4.69) is 35.9 Å². The highest BCUT2D eigenvalue weighted by Gasteiger charge is 2.19. The third-order valence-electron chi connectivity index (χ3n) is 4.08. The fourth-order valence-electron chi connectivity index (χ4n) is 2.54. The van der Waals surface area contributed by atoms with Crippen LogP contribution in [0.4, 0.5) is 0 Å². The lowest BCUT2D eigenvalue weighted by atomic mass is 10.1. The number of rotatable bonds is 6. The Balaban J connectivity index is 1.70. The Morgan fingerprint density at radius 2 is 2.00 bits per heavy atom. The monoisotopic (exact) mass is 277 g/mol. The lowest BCUT2D eigenvalue weighted by molar-refractivity contribution is 0.0928. The molecular weight excluding hydrogens is 250 g/mol. The summed E-state index contributed by atoms with van der Waals surface area (Å²) in [6.07, 6.45) is 0.930. The Hall–Kier alpha value is -1.10. The van der Waals surface area contributed by atoms with E-state index in [1.54, 1.807) is 0 Å². The van der Waals surface area contributed by atoms with Crippen molar-refractivity contribution in [1.82, 2.24) is 9.80 Å². The lowest BCUT2D eigenvalue weighted by Gasteiger charge is -2.37. The van der Waals surface area contributed by atoms with Crippen molar-refractivity contribution in [3.8, 4) is 5.75 Å². The fraction of sp³-hybridized carbons (Fsp3) is 0.625. The van der Waals surface area contributed by atoms with Crippen LogP contribution in [-0.4, -0.2) is 62.2 Å². The first-order valence-corrected chi connectivity index (χ1v) is 7.53. The fourth-order valence-corrected chi connectivity index (χ4v) is 2.54. The third kappa shape index (κ3) is 4.47. The van der Waals surface area contributed by atoms with E-state index in [0.29, 0.717) is 12.6 Å². The van der Waals surface area contributed by atoms with Gasteiger partial charge in [0.2, 0.25) is 0 Å². The summed E-state index contributed by atoms with van der Waals surface area (Å²) < 4.78 is 5.82. The number of hydrogen-bond acceptors (Lipinski definition) is 4. The maximum atomic E-state index is 5.82. The first-order chi connectivity index (χ1) is 9.69. The van der Waals surface area contributed by atoms with Crippen molar-refractivity contribution >= 4 is 0 Å². The van der Waals surface area contributed by atoms with Crippen LogP contribution >= 0.6 is 0 Å². The number of benzene rings is 1. The predicted molar refractivity (Wildman–Crippen MR) is 83.2 cm³/mol. The molecule has 1 heterocycles. The van der Waals surface area contributed by atoms with Crippen LogP contribution in [0.2, 0.25) is 0 Å². The van der Waals surface area contributed by atoms with Gasteiger partial charge in [0.05, 0.1) is 0 Å². The molecule has 0 spiro atoms. The van der Waals surface area contributed by atoms with E-state index >= 15 is 0 Å². The maximum Gasteiger partial charge on any atom is 0.119 e. The van der Waals surface area contributed by atoms with Crippen LogP contribution in [0.25, 0.3) is 0 Å². The number of likely N-dealkylation sites (N-methyl/N-ethyl adjacent to an activating group) is 1. The molecule has 1 unspecified atom stereocenters. The van der Waals surface area contributed by atoms with Gasteiger partial charge in [0.15, 0.2) is 0 Å². The van der Waals surface area contributed by atoms with Crippen molar-refractivity contribution in [3.05, 3.63) is 29.8 Å². The molecule has 1 aliphatic heterocycles. The van der Waals surface area contributed by atoms with Crippen molar-refractivity contribution in [3.63, 3.8) is 0 Å². The van der Waals surface area contributed by atoms with Crippen molar-refractivity contribution < 1.29 is 4.74 Å². The number of piperazine rings is 1. The van der Waals surface area contributed by atoms with Crippen molar-refractivity contribution in [2.45, 2.75) is 19.4 Å². The topological polar surface area (TPSA) is 41.7 Å². The molecule has 0 aromatic heterocycles. The van der Waals surface area contributed by atoms with Gasteiger partial charge in [-0.2, -0.15) is 0 Å². The molecule has 2 rings (SSSR count). The second kappa shape index (κ2) is 7.62. The van der Waals surface area contributed by atoms with Crippen molar-refractivity contribution in [1.29, 1.82) is 0 Å². The number of hydrogen-bond donors (Lipinski definition) is 1. The van der Waals surface area contributed by atoms with Crippen molar-refractivity contribution in [2.75, 3.05) is 46.4 Å². The smallest absolute Gasteiger partial charge is 0.119 e. The molecule has 4 nitrogen and oxygen atoms in total. The minimum Gasteiger partial charge on any atom is -0.492 e. The molecule has 112 valence electrons. The normalized spacial score (nSPS) is 21.1. The number of nitrogens with two attached hydrogens (primary N) is 1. The zero-order valence-corrected chi connectivity index (χ0v) is 12.7. The number of nitrogens with zero attached hydrogens (tertiary/aromatic N) is 2. The molecule has 0 amide bonds. The van der Waals surface area contributed by atoms with Gasteiger partial charge in [0.1, 0.15) is 12.4 Å². The Bertz CT molecular complexity index is 393. The molecule has 1 atom stereocenters. The van der Waals surface area contributed by atoms with Crippen LogP contribution in [0, 0.1) is 0 Å². The van der Waals surface area contributed by atoms with Gasteiger partial charge >= 0.3 is 0 Å². The van der Waals surface area contributed by atoms with Crippen LogP contribution in [0.3, 0.4) is 0 Å². The van der Waals surface area contributed by atoms with E-state index in [9.17, 15) is 0 Å². The third-order valence-corrected chi connectivity index (χ3v) is 4.08. The van der Waals surface area contributed by atoms with Gasteiger partial charge in [-0.3, -0.25) is 4.90 Å². The van der Waals surface area contributed by atoms with Crippen LogP contribution in [0.1, 0.15) is 12.5 Å². The molecule has 4 heteroatoms. The van der Waals surface area contributed by atoms with Crippen LogP contribution < -0.4 is 10.5 Å². The summed E-state index contributed by atoms with van der Waals surface area (Å²) in [5, 5.41) is 0. The van der Waals surface area contributed by atoms with E-state index in [4.69, 9.17) is 10.5 Å². The molecule has 1 aliphatic rings. The zero-order valence-electron chi connectivity index (χ0n) is 12.7. The highest BCUT2D eigenvalue weighted by Crippen LogP contribution is 2.13. The average Bonchev–Trinajstić information content (AvgIpc) is 2.45. The highest BCUT2D eigenvalue weighted by atomic mass is 16.5. The SMILES string of the molecule is CC1CN(CCOc2ccc(CCN)cc2)CCN1C. The molecular formula is C16H27N3O. The van der Waals surface area contributed by atoms with Gasteiger partial charge in [0.25, 0.3) is 0 Å². The lowest BCUT2D eigenvalue weighted by Crippen LogP contribution is -2.50. The van der Waals surface area contributed by atoms with E-state index < -0.39 is 0 Å². The van der Waals surface area contributed by atoms with Gasteiger partial charge < -0.3 is 15.4 Å². The number of ether oxygens (including phenoxy) is 1. The standard InChI is InChI=1S/C16H27N3O/c1-14-13-19(10-9-18(14)2)11-12-20-16-5-3-15(4-6-16)7-8-17/h3-6,14H,7-13,17H2,1-2H3. The van der Waals surface area contributed by atoms with Gasteiger partial charge in [-0.05, 0) is 44.6 Å². The van der Waals surface area contributed by atoms with Gasteiger partial charge in [-0.15, -0.1) is 0 Å². The highest BCUT2D eigenvalue weighted by molar-refractivity contribution is 5.27. The molecule has 1 saturated heterocycles. The summed E-state index contributed by atoms with van der Waals surface area (Å²) in [4.78, 5) is 4.89. The molecule has 1 aromatic carbocycles. The first kappa shape index (κ1) is 15.3. The molecule has 0 saturated carbocycles. The minimum absolute atomic E-state index is 0.638. The molecule has 0 bridgehead atoms. The molecule has 2 N–H and O–H groups in total. The molecule has 1 aromatic rings. The first-order valence-electron chi connectivity index (χ1n) is 7.53. The second-order valence-corrected chi connectivity index (χ2v) is 5.66. The summed E-state index contributed by atoms with van der Waals surface area (Å²) in [7, 11) is 2.20. The predicted octanol–water partition coefficient (Wildman–Crippen LogP) is 1.20. The Morgan fingerprint density at radius 3 is 2.65 bits per heavy atom. The second-order valence-electron chi connectivity index (χ2n) is 5.66. The van der Waals surface area contributed by atoms with Crippen LogP contribution in [0.5, 0.6) is 5.75 Å². The van der Waals surface area contributed by atoms with E-state index in [1.165, 1.54) is 5.56 Å². The largest absolute Gasteiger partial charge is 0.492 e. The average molecular weight is 277 g/mol. The van der Waals surface area contributed by atoms with E-state index in [0.717, 1.165) is 45.0 Å². The summed E-state index contributed by atoms with van der Waals surface area (Å²) >= 11 is 0. The Morgan fingerprint density at radius 1 is 1.25 bits per heavy atom. The van der Waals surface area contributed by atoms with Gasteiger partial charge in [-0.1, -0.05) is 12.1 Å². The summed E-state index contributed by atoms with van der Waals surface area (Å²) in [6.45, 7) is 8.16. The summed E-state index contributed by atoms with van der Waals surface area (Å²) in [6, 6.07) is 8.91. The summed E-state index contributed by atoms with van der Waals surface area (Å²) in [5.74, 6) is 0.952. The maximum absolute atomic E-state index is 5.82. The molecule has 1 fully saturated rings. The molecule has 0 radical (unpaired) electrons. The minimum atomic E-state index is 0.638. The molecule has 20 heavy (non-hydrogen) atoms. The van der Waals surface area contributed by atoms with E-state index in [1.807, 2.05) is 12.1 Å². The van der Waals surface area contributed by atoms with Crippen LogP contribution in [-0.2, 0) is 6.42 Å². The quantitative estimate of drug-likeness (QED) is 0.848.